The third kappa shape index (κ3) is 5.90. The first kappa shape index (κ1) is 23.2. The van der Waals surface area contributed by atoms with Gasteiger partial charge in [-0.05, 0) is 36.8 Å². The molecule has 2 aromatic carbocycles. The van der Waals surface area contributed by atoms with Gasteiger partial charge >= 0.3 is 0 Å². The lowest BCUT2D eigenvalue weighted by molar-refractivity contribution is -0.119. The maximum atomic E-state index is 13.1. The zero-order valence-electron chi connectivity index (χ0n) is 18.5. The Labute approximate surface area is 199 Å². The van der Waals surface area contributed by atoms with Gasteiger partial charge in [-0.2, -0.15) is 4.98 Å². The Morgan fingerprint density at radius 2 is 1.76 bits per heavy atom. The molecule has 1 atom stereocenters. The number of nitrogens with one attached hydrogen (secondary N) is 2. The average molecular weight is 480 g/mol. The van der Waals surface area contributed by atoms with Gasteiger partial charge in [0, 0.05) is 36.3 Å². The first-order valence-electron chi connectivity index (χ1n) is 10.6. The second kappa shape index (κ2) is 10.3. The van der Waals surface area contributed by atoms with Crippen molar-refractivity contribution in [2.75, 3.05) is 5.32 Å². The van der Waals surface area contributed by atoms with E-state index < -0.39 is 0 Å². The van der Waals surface area contributed by atoms with E-state index in [1.54, 1.807) is 12.1 Å². The van der Waals surface area contributed by atoms with Gasteiger partial charge in [-0.25, -0.2) is 9.37 Å². The van der Waals surface area contributed by atoms with E-state index >= 15 is 0 Å². The van der Waals surface area contributed by atoms with E-state index in [0.717, 1.165) is 16.8 Å². The van der Waals surface area contributed by atoms with Crippen molar-refractivity contribution in [3.05, 3.63) is 71.2 Å². The SMILES string of the molecule is CC(=O)NC(C)c1ccc(-c2csc(NC(=O)CCc3nc(-c4ccc(F)cc4)no3)n2)cc1. The lowest BCUT2D eigenvalue weighted by Crippen LogP contribution is -2.23. The van der Waals surface area contributed by atoms with Crippen molar-refractivity contribution in [1.82, 2.24) is 20.4 Å². The number of aromatic nitrogens is 3. The number of amides is 2. The van der Waals surface area contributed by atoms with Crippen LogP contribution in [0.5, 0.6) is 0 Å². The molecule has 0 saturated carbocycles. The van der Waals surface area contributed by atoms with Crippen LogP contribution in [0, 0.1) is 5.82 Å². The molecule has 1 unspecified atom stereocenters. The summed E-state index contributed by atoms with van der Waals surface area (Å²) in [5.41, 5.74) is 3.29. The predicted molar refractivity (Wildman–Crippen MR) is 126 cm³/mol. The number of aryl methyl sites for hydroxylation is 1. The van der Waals surface area contributed by atoms with E-state index in [-0.39, 0.29) is 36.5 Å². The lowest BCUT2D eigenvalue weighted by atomic mass is 10.1. The fraction of sp³-hybridized carbons (Fsp3) is 0.208. The lowest BCUT2D eigenvalue weighted by Gasteiger charge is -2.12. The van der Waals surface area contributed by atoms with Crippen LogP contribution in [0.1, 0.15) is 37.8 Å². The Kier molecular flexibility index (Phi) is 7.07. The molecule has 174 valence electrons. The molecule has 0 spiro atoms. The number of rotatable bonds is 8. The minimum atomic E-state index is -0.344. The van der Waals surface area contributed by atoms with Crippen LogP contribution in [0.25, 0.3) is 22.6 Å². The molecular weight excluding hydrogens is 457 g/mol. The highest BCUT2D eigenvalue weighted by molar-refractivity contribution is 7.14. The van der Waals surface area contributed by atoms with Crippen LogP contribution in [-0.2, 0) is 16.0 Å². The maximum Gasteiger partial charge on any atom is 0.227 e. The van der Waals surface area contributed by atoms with Crippen LogP contribution >= 0.6 is 11.3 Å². The molecule has 2 N–H and O–H groups in total. The van der Waals surface area contributed by atoms with Crippen molar-refractivity contribution in [3.63, 3.8) is 0 Å². The molecule has 0 aliphatic carbocycles. The first-order valence-corrected chi connectivity index (χ1v) is 11.5. The summed E-state index contributed by atoms with van der Waals surface area (Å²) in [6.07, 6.45) is 0.419. The Hall–Kier alpha value is -3.92. The molecule has 2 amide bonds. The Bertz CT molecular complexity index is 1280. The molecule has 0 radical (unpaired) electrons. The predicted octanol–water partition coefficient (Wildman–Crippen LogP) is 4.77. The standard InChI is InChI=1S/C24H22FN5O3S/c1-14(26-15(2)31)16-3-5-17(6-4-16)20-13-34-24(27-20)28-21(32)11-12-22-29-23(30-33-22)18-7-9-19(25)10-8-18/h3-10,13-14H,11-12H2,1-2H3,(H,26,31)(H,27,28,32). The highest BCUT2D eigenvalue weighted by atomic mass is 32.1. The molecule has 10 heteroatoms. The molecule has 4 rings (SSSR count). The van der Waals surface area contributed by atoms with E-state index in [1.165, 1.54) is 30.4 Å². The van der Waals surface area contributed by atoms with Gasteiger partial charge in [-0.15, -0.1) is 11.3 Å². The molecule has 2 aromatic heterocycles. The number of benzene rings is 2. The Balaban J connectivity index is 1.30. The highest BCUT2D eigenvalue weighted by Gasteiger charge is 2.13. The van der Waals surface area contributed by atoms with Crippen LogP contribution in [0.4, 0.5) is 9.52 Å². The summed E-state index contributed by atoms with van der Waals surface area (Å²) in [5, 5.41) is 11.9. The summed E-state index contributed by atoms with van der Waals surface area (Å²) < 4.78 is 18.2. The average Bonchev–Trinajstić information content (AvgIpc) is 3.48. The molecular formula is C24H22FN5O3S. The topological polar surface area (TPSA) is 110 Å². The second-order valence-corrected chi connectivity index (χ2v) is 8.51. The zero-order valence-corrected chi connectivity index (χ0v) is 19.4. The van der Waals surface area contributed by atoms with E-state index in [9.17, 15) is 14.0 Å². The van der Waals surface area contributed by atoms with Crippen molar-refractivity contribution >= 4 is 28.3 Å². The minimum absolute atomic E-state index is 0.0797. The summed E-state index contributed by atoms with van der Waals surface area (Å²) >= 11 is 1.33. The Morgan fingerprint density at radius 3 is 2.47 bits per heavy atom. The van der Waals surface area contributed by atoms with Crippen molar-refractivity contribution in [2.24, 2.45) is 0 Å². The van der Waals surface area contributed by atoms with Crippen LogP contribution in [0.3, 0.4) is 0 Å². The number of carbonyl (C=O) groups is 2. The van der Waals surface area contributed by atoms with Gasteiger partial charge < -0.3 is 15.2 Å². The van der Waals surface area contributed by atoms with Gasteiger partial charge in [-0.1, -0.05) is 29.4 Å². The van der Waals surface area contributed by atoms with Crippen LogP contribution in [0.15, 0.2) is 58.4 Å². The molecule has 4 aromatic rings. The van der Waals surface area contributed by atoms with Crippen LogP contribution < -0.4 is 10.6 Å². The number of nitrogens with zero attached hydrogens (tertiary/aromatic N) is 3. The van der Waals surface area contributed by atoms with Gasteiger partial charge in [0.1, 0.15) is 5.82 Å². The highest BCUT2D eigenvalue weighted by Crippen LogP contribution is 2.26. The molecule has 0 fully saturated rings. The molecule has 0 bridgehead atoms. The molecule has 34 heavy (non-hydrogen) atoms. The number of hydrogen-bond donors (Lipinski definition) is 2. The van der Waals surface area contributed by atoms with E-state index in [2.05, 4.69) is 25.8 Å². The fourth-order valence-electron chi connectivity index (χ4n) is 3.27. The van der Waals surface area contributed by atoms with Gasteiger partial charge in [0.15, 0.2) is 5.13 Å². The number of halogens is 1. The zero-order chi connectivity index (χ0) is 24.1. The third-order valence-electron chi connectivity index (χ3n) is 5.01. The van der Waals surface area contributed by atoms with Gasteiger partial charge in [0.25, 0.3) is 0 Å². The quantitative estimate of drug-likeness (QED) is 0.377. The van der Waals surface area contributed by atoms with Crippen molar-refractivity contribution in [3.8, 4) is 22.6 Å². The summed E-state index contributed by atoms with van der Waals surface area (Å²) in [5.74, 6) is 0.0224. The summed E-state index contributed by atoms with van der Waals surface area (Å²) in [6.45, 7) is 3.41. The fourth-order valence-corrected chi connectivity index (χ4v) is 4.01. The first-order chi connectivity index (χ1) is 16.4. The number of anilines is 1. The van der Waals surface area contributed by atoms with Gasteiger partial charge in [0.2, 0.25) is 23.5 Å². The van der Waals surface area contributed by atoms with E-state index in [1.807, 2.05) is 36.6 Å². The molecule has 8 nitrogen and oxygen atoms in total. The van der Waals surface area contributed by atoms with Crippen molar-refractivity contribution in [2.45, 2.75) is 32.7 Å². The van der Waals surface area contributed by atoms with Crippen molar-refractivity contribution < 1.29 is 18.5 Å². The number of thiazole rings is 1. The van der Waals surface area contributed by atoms with Crippen LogP contribution in [0.2, 0.25) is 0 Å². The molecule has 0 aliphatic heterocycles. The largest absolute Gasteiger partial charge is 0.350 e. The Morgan fingerprint density at radius 1 is 1.06 bits per heavy atom. The van der Waals surface area contributed by atoms with Gasteiger partial charge in [0.05, 0.1) is 11.7 Å². The normalized spacial score (nSPS) is 11.7. The second-order valence-electron chi connectivity index (χ2n) is 7.65. The summed E-state index contributed by atoms with van der Waals surface area (Å²) in [7, 11) is 0. The molecule has 0 saturated heterocycles. The molecule has 2 heterocycles. The van der Waals surface area contributed by atoms with E-state index in [0.29, 0.717) is 22.4 Å². The summed E-state index contributed by atoms with van der Waals surface area (Å²) in [6, 6.07) is 13.4. The molecule has 0 aliphatic rings. The summed E-state index contributed by atoms with van der Waals surface area (Å²) in [4.78, 5) is 32.3. The van der Waals surface area contributed by atoms with Gasteiger partial charge in [-0.3, -0.25) is 9.59 Å². The maximum absolute atomic E-state index is 13.1. The number of hydrogen-bond acceptors (Lipinski definition) is 7. The number of carbonyl (C=O) groups excluding carboxylic acids is 2. The van der Waals surface area contributed by atoms with E-state index in [4.69, 9.17) is 4.52 Å². The van der Waals surface area contributed by atoms with Crippen molar-refractivity contribution in [1.29, 1.82) is 0 Å². The third-order valence-corrected chi connectivity index (χ3v) is 5.77. The smallest absolute Gasteiger partial charge is 0.227 e. The minimum Gasteiger partial charge on any atom is -0.350 e. The van der Waals surface area contributed by atoms with Crippen LogP contribution in [-0.4, -0.2) is 26.9 Å². The monoisotopic (exact) mass is 479 g/mol.